The molecule has 1 aliphatic heterocycles. The molecule has 5 heteroatoms. The Kier molecular flexibility index (Phi) is 4.80. The number of pyridine rings is 1. The Hall–Kier alpha value is -1.62. The zero-order valence-electron chi connectivity index (χ0n) is 15.0. The smallest absolute Gasteiger partial charge is 0.153 e. The van der Waals surface area contributed by atoms with Crippen molar-refractivity contribution in [2.45, 2.75) is 44.8 Å². The van der Waals surface area contributed by atoms with Gasteiger partial charge in [0.15, 0.2) is 5.15 Å². The minimum atomic E-state index is -1.40. The average Bonchev–Trinajstić information content (AvgIpc) is 2.89. The number of benzene rings is 1. The molecule has 2 N–H and O–H groups in total. The van der Waals surface area contributed by atoms with E-state index in [0.29, 0.717) is 10.8 Å². The van der Waals surface area contributed by atoms with Crippen LogP contribution in [0.25, 0.3) is 0 Å². The zero-order valence-corrected chi connectivity index (χ0v) is 15.7. The van der Waals surface area contributed by atoms with Gasteiger partial charge in [-0.2, -0.15) is 0 Å². The predicted octanol–water partition coefficient (Wildman–Crippen LogP) is 3.62. The van der Waals surface area contributed by atoms with Gasteiger partial charge < -0.3 is 15.1 Å². The molecular formula is C20H25ClN2O2. The molecule has 0 saturated carbocycles. The number of halogens is 1. The molecule has 0 unspecified atom stereocenters. The summed E-state index contributed by atoms with van der Waals surface area (Å²) in [5.41, 5.74) is 2.19. The summed E-state index contributed by atoms with van der Waals surface area (Å²) in [6.45, 7) is 7.14. The number of rotatable bonds is 5. The van der Waals surface area contributed by atoms with Crippen molar-refractivity contribution in [2.75, 3.05) is 18.1 Å². The Morgan fingerprint density at radius 1 is 1.32 bits per heavy atom. The second-order valence-electron chi connectivity index (χ2n) is 7.38. The first-order valence-electron chi connectivity index (χ1n) is 8.64. The van der Waals surface area contributed by atoms with Gasteiger partial charge in [0, 0.05) is 18.5 Å². The molecule has 1 aromatic carbocycles. The van der Waals surface area contributed by atoms with E-state index < -0.39 is 12.2 Å². The van der Waals surface area contributed by atoms with Crippen LogP contribution < -0.4 is 4.90 Å². The number of nitrogens with zero attached hydrogens (tertiary/aromatic N) is 2. The van der Waals surface area contributed by atoms with Crippen LogP contribution in [0, 0.1) is 0 Å². The molecule has 3 rings (SSSR count). The summed E-state index contributed by atoms with van der Waals surface area (Å²) in [6.07, 6.45) is 0.951. The monoisotopic (exact) mass is 360 g/mol. The maximum atomic E-state index is 10.4. The van der Waals surface area contributed by atoms with E-state index in [0.717, 1.165) is 30.8 Å². The van der Waals surface area contributed by atoms with E-state index >= 15 is 0 Å². The van der Waals surface area contributed by atoms with Crippen LogP contribution in [0.1, 0.15) is 44.0 Å². The van der Waals surface area contributed by atoms with Gasteiger partial charge in [0.05, 0.1) is 18.0 Å². The fourth-order valence-electron chi connectivity index (χ4n) is 3.45. The maximum absolute atomic E-state index is 10.4. The van der Waals surface area contributed by atoms with Crippen molar-refractivity contribution in [3.8, 4) is 0 Å². The summed E-state index contributed by atoms with van der Waals surface area (Å²) < 4.78 is 0. The van der Waals surface area contributed by atoms with E-state index in [1.165, 1.54) is 5.56 Å². The lowest BCUT2D eigenvalue weighted by atomic mass is 9.81. The van der Waals surface area contributed by atoms with Gasteiger partial charge in [-0.15, -0.1) is 0 Å². The number of aliphatic hydroxyl groups excluding tert-OH is 1. The zero-order chi connectivity index (χ0) is 18.2. The highest BCUT2D eigenvalue weighted by molar-refractivity contribution is 6.32. The van der Waals surface area contributed by atoms with Crippen molar-refractivity contribution in [3.63, 3.8) is 0 Å². The van der Waals surface area contributed by atoms with E-state index in [2.05, 4.69) is 35.9 Å². The van der Waals surface area contributed by atoms with Crippen molar-refractivity contribution in [1.82, 2.24) is 4.98 Å². The molecule has 2 heterocycles. The van der Waals surface area contributed by atoms with Crippen LogP contribution in [0.3, 0.4) is 0 Å². The quantitative estimate of drug-likeness (QED) is 0.799. The number of fused-ring (bicyclic) bond motifs is 1. The van der Waals surface area contributed by atoms with Gasteiger partial charge >= 0.3 is 0 Å². The van der Waals surface area contributed by atoms with Crippen LogP contribution >= 0.6 is 11.6 Å². The second kappa shape index (κ2) is 6.60. The summed E-state index contributed by atoms with van der Waals surface area (Å²) in [5.74, 6) is 0. The number of aliphatic hydroxyl groups is 2. The molecule has 0 spiro atoms. The highest BCUT2D eigenvalue weighted by Gasteiger charge is 2.41. The third kappa shape index (κ3) is 3.26. The topological polar surface area (TPSA) is 56.6 Å². The van der Waals surface area contributed by atoms with E-state index in [-0.39, 0.29) is 5.41 Å². The highest BCUT2D eigenvalue weighted by Crippen LogP contribution is 2.47. The van der Waals surface area contributed by atoms with Gasteiger partial charge in [0.25, 0.3) is 0 Å². The van der Waals surface area contributed by atoms with Crippen LogP contribution in [0.4, 0.5) is 5.69 Å². The van der Waals surface area contributed by atoms with E-state index in [4.69, 9.17) is 11.6 Å². The Labute approximate surface area is 154 Å². The van der Waals surface area contributed by atoms with Crippen molar-refractivity contribution in [3.05, 3.63) is 58.4 Å². The normalized spacial score (nSPS) is 21.9. The molecule has 2 atom stereocenters. The van der Waals surface area contributed by atoms with Gasteiger partial charge in [-0.3, -0.25) is 0 Å². The minimum absolute atomic E-state index is 0.0724. The molecule has 0 aliphatic carbocycles. The molecule has 25 heavy (non-hydrogen) atoms. The Balaban J connectivity index is 2.07. The third-order valence-electron chi connectivity index (χ3n) is 5.31. The molecule has 0 amide bonds. The summed E-state index contributed by atoms with van der Waals surface area (Å²) in [4.78, 5) is 6.66. The van der Waals surface area contributed by atoms with Gasteiger partial charge in [-0.25, -0.2) is 4.98 Å². The van der Waals surface area contributed by atoms with E-state index in [9.17, 15) is 10.2 Å². The third-order valence-corrected chi connectivity index (χ3v) is 5.58. The fraction of sp³-hybridized carbons (Fsp3) is 0.450. The number of hydrogen-bond donors (Lipinski definition) is 2. The first-order chi connectivity index (χ1) is 11.8. The molecule has 0 bridgehead atoms. The fourth-order valence-corrected chi connectivity index (χ4v) is 3.76. The number of hydrogen-bond acceptors (Lipinski definition) is 4. The van der Waals surface area contributed by atoms with Crippen molar-refractivity contribution in [1.29, 1.82) is 0 Å². The second-order valence-corrected chi connectivity index (χ2v) is 7.74. The summed E-state index contributed by atoms with van der Waals surface area (Å²) >= 11 is 6.54. The Bertz CT molecular complexity index is 764. The molecule has 0 fully saturated rings. The molecule has 1 aromatic heterocycles. The average molecular weight is 361 g/mol. The highest BCUT2D eigenvalue weighted by atomic mass is 35.5. The van der Waals surface area contributed by atoms with Crippen LogP contribution in [0.2, 0.25) is 5.15 Å². The van der Waals surface area contributed by atoms with Gasteiger partial charge in [-0.05, 0) is 30.5 Å². The van der Waals surface area contributed by atoms with Crippen LogP contribution in [0.15, 0.2) is 36.4 Å². The first-order valence-corrected chi connectivity index (χ1v) is 9.02. The van der Waals surface area contributed by atoms with Gasteiger partial charge in [0.2, 0.25) is 0 Å². The van der Waals surface area contributed by atoms with E-state index in [1.807, 2.05) is 24.3 Å². The van der Waals surface area contributed by atoms with Gasteiger partial charge in [0.1, 0.15) is 5.60 Å². The molecule has 0 radical (unpaired) electrons. The minimum Gasteiger partial charge on any atom is -0.393 e. The number of aromatic nitrogens is 1. The lowest BCUT2D eigenvalue weighted by Gasteiger charge is -2.25. The predicted molar refractivity (Wildman–Crippen MR) is 101 cm³/mol. The lowest BCUT2D eigenvalue weighted by Crippen LogP contribution is -2.30. The SMILES string of the molecule is CC[C@@]1(C)CN(Cc2ccccc2)c2c1cc([C@@](C)(O)CO)nc2Cl. The van der Waals surface area contributed by atoms with Crippen LogP contribution in [-0.2, 0) is 17.6 Å². The summed E-state index contributed by atoms with van der Waals surface area (Å²) in [6, 6.07) is 12.2. The van der Waals surface area contributed by atoms with E-state index in [1.54, 1.807) is 6.92 Å². The number of anilines is 1. The molecule has 1 aliphatic rings. The Morgan fingerprint density at radius 3 is 2.60 bits per heavy atom. The molecule has 134 valence electrons. The molecule has 0 saturated heterocycles. The largest absolute Gasteiger partial charge is 0.393 e. The molecule has 4 nitrogen and oxygen atoms in total. The first kappa shape index (κ1) is 18.2. The van der Waals surface area contributed by atoms with Gasteiger partial charge in [-0.1, -0.05) is 55.8 Å². The molecular weight excluding hydrogens is 336 g/mol. The molecule has 2 aromatic rings. The summed E-state index contributed by atoms with van der Waals surface area (Å²) in [5, 5.41) is 20.3. The van der Waals surface area contributed by atoms with Crippen molar-refractivity contribution >= 4 is 17.3 Å². The summed E-state index contributed by atoms with van der Waals surface area (Å²) in [7, 11) is 0. The lowest BCUT2D eigenvalue weighted by molar-refractivity contribution is -0.00591. The standard InChI is InChI=1S/C20H25ClN2O2/c1-4-19(2)12-23(11-14-8-6-5-7-9-14)17-15(19)10-16(22-18(17)21)20(3,25)13-24/h5-10,24-25H,4,11-13H2,1-3H3/t19-,20-/m0/s1. The maximum Gasteiger partial charge on any atom is 0.153 e. The van der Waals surface area contributed by atoms with Crippen molar-refractivity contribution < 1.29 is 10.2 Å². The Morgan fingerprint density at radius 2 is 2.00 bits per heavy atom. The van der Waals surface area contributed by atoms with Crippen LogP contribution in [0.5, 0.6) is 0 Å². The van der Waals surface area contributed by atoms with Crippen molar-refractivity contribution in [2.24, 2.45) is 0 Å². The van der Waals surface area contributed by atoms with Crippen LogP contribution in [-0.4, -0.2) is 28.3 Å².